The monoisotopic (exact) mass is 325 g/mol. The number of hydrogen-bond donors (Lipinski definition) is 0. The summed E-state index contributed by atoms with van der Waals surface area (Å²) in [6.45, 7) is 3.76. The molecule has 0 aromatic heterocycles. The first kappa shape index (κ1) is 14.7. The first-order chi connectivity index (χ1) is 11.7. The van der Waals surface area contributed by atoms with Crippen LogP contribution >= 0.6 is 0 Å². The Kier molecular flexibility index (Phi) is 3.01. The summed E-state index contributed by atoms with van der Waals surface area (Å²) in [6.07, 6.45) is 7.54. The van der Waals surface area contributed by atoms with Crippen LogP contribution in [0.15, 0.2) is 24.3 Å². The third-order valence-corrected chi connectivity index (χ3v) is 6.67. The van der Waals surface area contributed by atoms with E-state index in [2.05, 4.69) is 30.2 Å². The minimum absolute atomic E-state index is 0.0150. The van der Waals surface area contributed by atoms with E-state index in [0.29, 0.717) is 24.1 Å². The Morgan fingerprint density at radius 3 is 3.08 bits per heavy atom. The van der Waals surface area contributed by atoms with Gasteiger partial charge in [-0.2, -0.15) is 0 Å². The van der Waals surface area contributed by atoms with Crippen LogP contribution in [0.2, 0.25) is 0 Å². The summed E-state index contributed by atoms with van der Waals surface area (Å²) in [7, 11) is 2.23. The van der Waals surface area contributed by atoms with Gasteiger partial charge in [0, 0.05) is 29.5 Å². The van der Waals surface area contributed by atoms with Gasteiger partial charge in [-0.1, -0.05) is 18.2 Å². The Morgan fingerprint density at radius 1 is 1.42 bits per heavy atom. The Bertz CT molecular complexity index is 743. The molecule has 2 bridgehead atoms. The number of hydrogen-bond acceptors (Lipinski definition) is 4. The van der Waals surface area contributed by atoms with Gasteiger partial charge in [-0.3, -0.25) is 4.79 Å². The van der Waals surface area contributed by atoms with Crippen molar-refractivity contribution < 1.29 is 14.3 Å². The van der Waals surface area contributed by atoms with Gasteiger partial charge in [-0.25, -0.2) is 0 Å². The minimum atomic E-state index is -0.0341. The third-order valence-electron chi connectivity index (χ3n) is 6.67. The molecule has 1 spiro atoms. The van der Waals surface area contributed by atoms with Gasteiger partial charge in [0.15, 0.2) is 6.29 Å². The SMILES string of the molecule is CCO[C@H]1C=CC2C3Cc4ccc(C=O)c5c4[C@@]2(CCN3C)[C@H]1O5. The van der Waals surface area contributed by atoms with Crippen LogP contribution in [0.25, 0.3) is 0 Å². The van der Waals surface area contributed by atoms with E-state index in [1.165, 1.54) is 11.1 Å². The lowest BCUT2D eigenvalue weighted by molar-refractivity contribution is -0.0679. The van der Waals surface area contributed by atoms with Crippen molar-refractivity contribution in [1.82, 2.24) is 4.90 Å². The molecule has 0 saturated carbocycles. The predicted molar refractivity (Wildman–Crippen MR) is 90.7 cm³/mol. The second kappa shape index (κ2) is 4.93. The highest BCUT2D eigenvalue weighted by molar-refractivity contribution is 5.82. The van der Waals surface area contributed by atoms with E-state index >= 15 is 0 Å². The molecule has 2 aliphatic carbocycles. The first-order valence-corrected chi connectivity index (χ1v) is 8.99. The molecule has 0 radical (unpaired) electrons. The molecule has 0 amide bonds. The van der Waals surface area contributed by atoms with Gasteiger partial charge in [0.05, 0.1) is 5.56 Å². The average Bonchev–Trinajstić information content (AvgIpc) is 2.94. The fourth-order valence-corrected chi connectivity index (χ4v) is 5.68. The summed E-state index contributed by atoms with van der Waals surface area (Å²) in [4.78, 5) is 14.1. The van der Waals surface area contributed by atoms with Gasteiger partial charge in [-0.15, -0.1) is 0 Å². The number of piperidine rings is 1. The molecule has 4 heteroatoms. The van der Waals surface area contributed by atoms with Crippen LogP contribution in [0.5, 0.6) is 5.75 Å². The molecule has 1 aromatic rings. The third kappa shape index (κ3) is 1.58. The number of carbonyl (C=O) groups is 1. The van der Waals surface area contributed by atoms with E-state index in [1.54, 1.807) is 0 Å². The molecule has 1 saturated heterocycles. The largest absolute Gasteiger partial charge is 0.485 e. The molecule has 24 heavy (non-hydrogen) atoms. The predicted octanol–water partition coefficient (Wildman–Crippen LogP) is 2.35. The lowest BCUT2D eigenvalue weighted by Gasteiger charge is -2.56. The first-order valence-electron chi connectivity index (χ1n) is 8.99. The van der Waals surface area contributed by atoms with E-state index < -0.39 is 0 Å². The summed E-state index contributed by atoms with van der Waals surface area (Å²) in [5, 5.41) is 0. The number of likely N-dealkylation sites (tertiary alicyclic amines) is 1. The number of likely N-dealkylation sites (N-methyl/N-ethyl adjacent to an activating group) is 1. The summed E-state index contributed by atoms with van der Waals surface area (Å²) in [5.74, 6) is 1.27. The zero-order valence-electron chi connectivity index (χ0n) is 14.2. The summed E-state index contributed by atoms with van der Waals surface area (Å²) in [5.41, 5.74) is 3.31. The second-order valence-electron chi connectivity index (χ2n) is 7.55. The number of benzene rings is 1. The van der Waals surface area contributed by atoms with E-state index in [0.717, 1.165) is 31.4 Å². The number of carbonyl (C=O) groups excluding carboxylic acids is 1. The maximum absolute atomic E-state index is 11.6. The zero-order valence-corrected chi connectivity index (χ0v) is 14.2. The number of rotatable bonds is 3. The van der Waals surface area contributed by atoms with E-state index in [1.807, 2.05) is 13.0 Å². The van der Waals surface area contributed by atoms with Crippen LogP contribution in [0.1, 0.15) is 34.8 Å². The Morgan fingerprint density at radius 2 is 2.29 bits per heavy atom. The lowest BCUT2D eigenvalue weighted by atomic mass is 9.53. The summed E-state index contributed by atoms with van der Waals surface area (Å²) < 4.78 is 12.5. The molecule has 4 nitrogen and oxygen atoms in total. The molecular formula is C20H23NO3. The van der Waals surface area contributed by atoms with Crippen LogP contribution in [0.3, 0.4) is 0 Å². The van der Waals surface area contributed by atoms with Crippen molar-refractivity contribution >= 4 is 6.29 Å². The van der Waals surface area contributed by atoms with E-state index in [9.17, 15) is 4.79 Å². The van der Waals surface area contributed by atoms with Crippen LogP contribution < -0.4 is 4.74 Å². The van der Waals surface area contributed by atoms with Crippen LogP contribution in [0.4, 0.5) is 0 Å². The van der Waals surface area contributed by atoms with Crippen molar-refractivity contribution in [2.24, 2.45) is 5.92 Å². The molecule has 126 valence electrons. The van der Waals surface area contributed by atoms with E-state index in [-0.39, 0.29) is 17.6 Å². The Balaban J connectivity index is 1.77. The van der Waals surface area contributed by atoms with Crippen molar-refractivity contribution in [3.8, 4) is 5.75 Å². The van der Waals surface area contributed by atoms with E-state index in [4.69, 9.17) is 9.47 Å². The molecule has 1 fully saturated rings. The van der Waals surface area contributed by atoms with Crippen molar-refractivity contribution in [1.29, 1.82) is 0 Å². The molecular weight excluding hydrogens is 302 g/mol. The maximum atomic E-state index is 11.6. The number of nitrogens with zero attached hydrogens (tertiary/aromatic N) is 1. The van der Waals surface area contributed by atoms with Gasteiger partial charge in [0.25, 0.3) is 0 Å². The maximum Gasteiger partial charge on any atom is 0.153 e. The van der Waals surface area contributed by atoms with Crippen LogP contribution in [-0.2, 0) is 16.6 Å². The molecule has 5 atom stereocenters. The Labute approximate surface area is 142 Å². The van der Waals surface area contributed by atoms with Gasteiger partial charge in [-0.05, 0) is 45.0 Å². The van der Waals surface area contributed by atoms with Crippen LogP contribution in [0, 0.1) is 5.92 Å². The molecule has 1 aromatic carbocycles. The molecule has 2 heterocycles. The zero-order chi connectivity index (χ0) is 16.5. The van der Waals surface area contributed by atoms with Crippen molar-refractivity contribution in [2.45, 2.75) is 43.4 Å². The lowest BCUT2D eigenvalue weighted by Crippen LogP contribution is -2.65. The number of ether oxygens (including phenoxy) is 2. The van der Waals surface area contributed by atoms with Crippen molar-refractivity contribution in [2.75, 3.05) is 20.2 Å². The number of aldehydes is 1. The van der Waals surface area contributed by atoms with Gasteiger partial charge in [0.2, 0.25) is 0 Å². The molecule has 4 aliphatic rings. The molecule has 2 aliphatic heterocycles. The normalized spacial score (nSPS) is 38.6. The smallest absolute Gasteiger partial charge is 0.153 e. The van der Waals surface area contributed by atoms with Crippen molar-refractivity contribution in [3.05, 3.63) is 41.0 Å². The highest BCUT2D eigenvalue weighted by Gasteiger charge is 2.64. The van der Waals surface area contributed by atoms with Gasteiger partial charge >= 0.3 is 0 Å². The standard InChI is InChI=1S/C20H23NO3/c1-3-23-16-7-6-14-15-10-12-4-5-13(11-22)18-17(12)20(14,19(16)24-18)8-9-21(15)2/h4-7,11,14-16,19H,3,8-10H2,1-2H3/t14?,15?,16-,19-,20-/m0/s1. The highest BCUT2D eigenvalue weighted by Crippen LogP contribution is 2.61. The quantitative estimate of drug-likeness (QED) is 0.632. The second-order valence-corrected chi connectivity index (χ2v) is 7.55. The summed E-state index contributed by atoms with van der Waals surface area (Å²) >= 11 is 0. The van der Waals surface area contributed by atoms with Crippen molar-refractivity contribution in [3.63, 3.8) is 0 Å². The van der Waals surface area contributed by atoms with Crippen LogP contribution in [-0.4, -0.2) is 49.6 Å². The fourth-order valence-electron chi connectivity index (χ4n) is 5.68. The topological polar surface area (TPSA) is 38.8 Å². The fraction of sp³-hybridized carbons (Fsp3) is 0.550. The molecule has 5 rings (SSSR count). The minimum Gasteiger partial charge on any atom is -0.485 e. The Hall–Kier alpha value is -1.65. The molecule has 2 unspecified atom stereocenters. The molecule has 0 N–H and O–H groups in total. The summed E-state index contributed by atoms with van der Waals surface area (Å²) in [6, 6.07) is 4.57. The highest BCUT2D eigenvalue weighted by atomic mass is 16.5. The van der Waals surface area contributed by atoms with Gasteiger partial charge < -0.3 is 14.4 Å². The average molecular weight is 325 g/mol. The van der Waals surface area contributed by atoms with Gasteiger partial charge in [0.1, 0.15) is 18.0 Å².